The van der Waals surface area contributed by atoms with Crippen molar-refractivity contribution in [2.45, 2.75) is 45.1 Å². The van der Waals surface area contributed by atoms with Crippen molar-refractivity contribution in [1.82, 2.24) is 0 Å². The van der Waals surface area contributed by atoms with E-state index in [1.165, 1.54) is 32.1 Å². The number of rotatable bonds is 4. The van der Waals surface area contributed by atoms with E-state index in [9.17, 15) is 0 Å². The summed E-state index contributed by atoms with van der Waals surface area (Å²) in [6.45, 7) is 2.98. The number of hydrogen-bond acceptors (Lipinski definition) is 1. The fourth-order valence-corrected chi connectivity index (χ4v) is 2.15. The molecule has 2 heteroatoms. The summed E-state index contributed by atoms with van der Waals surface area (Å²) >= 11 is 5.59. The normalized spacial score (nSPS) is 30.5. The zero-order chi connectivity index (χ0) is 8.81. The van der Waals surface area contributed by atoms with E-state index < -0.39 is 0 Å². The zero-order valence-corrected chi connectivity index (χ0v) is 8.65. The lowest BCUT2D eigenvalue weighted by Gasteiger charge is -2.30. The third-order valence-electron chi connectivity index (χ3n) is 2.77. The van der Waals surface area contributed by atoms with Crippen LogP contribution in [0.2, 0.25) is 0 Å². The summed E-state index contributed by atoms with van der Waals surface area (Å²) in [6.07, 6.45) is 7.08. The first-order valence-electron chi connectivity index (χ1n) is 5.06. The lowest BCUT2D eigenvalue weighted by molar-refractivity contribution is -0.00432. The smallest absolute Gasteiger partial charge is 0.0605 e. The van der Waals surface area contributed by atoms with Crippen molar-refractivity contribution in [2.75, 3.05) is 12.5 Å². The maximum atomic E-state index is 5.70. The number of alkyl halides is 1. The molecule has 0 aliphatic heterocycles. The van der Waals surface area contributed by atoms with Crippen LogP contribution >= 0.6 is 11.6 Å². The van der Waals surface area contributed by atoms with Gasteiger partial charge in [0.1, 0.15) is 0 Å². The van der Waals surface area contributed by atoms with E-state index >= 15 is 0 Å². The van der Waals surface area contributed by atoms with Gasteiger partial charge >= 0.3 is 0 Å². The van der Waals surface area contributed by atoms with Gasteiger partial charge in [-0.15, -0.1) is 11.6 Å². The van der Waals surface area contributed by atoms with E-state index in [-0.39, 0.29) is 0 Å². The summed E-state index contributed by atoms with van der Waals surface area (Å²) in [4.78, 5) is 0. The largest absolute Gasteiger partial charge is 0.377 e. The lowest BCUT2D eigenvalue weighted by Crippen LogP contribution is -2.27. The third-order valence-corrected chi connectivity index (χ3v) is 2.93. The van der Waals surface area contributed by atoms with E-state index in [1.54, 1.807) is 0 Å². The number of halogens is 1. The van der Waals surface area contributed by atoms with Crippen LogP contribution in [0.1, 0.15) is 39.0 Å². The highest BCUT2D eigenvalue weighted by Crippen LogP contribution is 2.28. The SMILES string of the molecule is CCC1CCCCC1OCCCl. The minimum Gasteiger partial charge on any atom is -0.377 e. The van der Waals surface area contributed by atoms with Gasteiger partial charge in [0.25, 0.3) is 0 Å². The Labute approximate surface area is 80.4 Å². The monoisotopic (exact) mass is 190 g/mol. The van der Waals surface area contributed by atoms with Crippen LogP contribution in [0.3, 0.4) is 0 Å². The van der Waals surface area contributed by atoms with Crippen molar-refractivity contribution in [3.05, 3.63) is 0 Å². The summed E-state index contributed by atoms with van der Waals surface area (Å²) in [7, 11) is 0. The van der Waals surface area contributed by atoms with Crippen LogP contribution in [0.25, 0.3) is 0 Å². The van der Waals surface area contributed by atoms with Crippen LogP contribution in [-0.2, 0) is 4.74 Å². The molecule has 0 amide bonds. The maximum absolute atomic E-state index is 5.70. The van der Waals surface area contributed by atoms with Crippen molar-refractivity contribution in [3.8, 4) is 0 Å². The fourth-order valence-electron chi connectivity index (χ4n) is 2.06. The molecule has 1 fully saturated rings. The summed E-state index contributed by atoms with van der Waals surface area (Å²) in [6, 6.07) is 0. The molecule has 0 aromatic heterocycles. The second kappa shape index (κ2) is 5.82. The van der Waals surface area contributed by atoms with E-state index in [0.717, 1.165) is 12.5 Å². The summed E-state index contributed by atoms with van der Waals surface area (Å²) in [5.41, 5.74) is 0. The highest BCUT2D eigenvalue weighted by molar-refractivity contribution is 6.17. The predicted octanol–water partition coefficient (Wildman–Crippen LogP) is 3.21. The van der Waals surface area contributed by atoms with Gasteiger partial charge in [-0.25, -0.2) is 0 Å². The minimum atomic E-state index is 0.502. The second-order valence-electron chi connectivity index (χ2n) is 3.55. The van der Waals surface area contributed by atoms with Gasteiger partial charge in [-0.2, -0.15) is 0 Å². The Hall–Kier alpha value is 0.250. The molecule has 0 N–H and O–H groups in total. The van der Waals surface area contributed by atoms with E-state index in [2.05, 4.69) is 6.92 Å². The minimum absolute atomic E-state index is 0.502. The standard InChI is InChI=1S/C10H19ClO/c1-2-9-5-3-4-6-10(9)12-8-7-11/h9-10H,2-8H2,1H3. The first-order valence-corrected chi connectivity index (χ1v) is 5.59. The average Bonchev–Trinajstić information content (AvgIpc) is 2.15. The molecule has 0 aromatic carbocycles. The molecule has 0 radical (unpaired) electrons. The highest BCUT2D eigenvalue weighted by atomic mass is 35.5. The molecular formula is C10H19ClO. The Morgan fingerprint density at radius 1 is 1.33 bits per heavy atom. The number of hydrogen-bond donors (Lipinski definition) is 0. The summed E-state index contributed by atoms with van der Waals surface area (Å²) < 4.78 is 5.70. The van der Waals surface area contributed by atoms with E-state index in [4.69, 9.17) is 16.3 Å². The van der Waals surface area contributed by atoms with Gasteiger partial charge in [-0.05, 0) is 18.8 Å². The summed E-state index contributed by atoms with van der Waals surface area (Å²) in [5.74, 6) is 1.43. The second-order valence-corrected chi connectivity index (χ2v) is 3.93. The Balaban J connectivity index is 2.26. The Morgan fingerprint density at radius 3 is 2.75 bits per heavy atom. The molecule has 0 saturated heterocycles. The Bertz CT molecular complexity index is 116. The molecule has 1 nitrogen and oxygen atoms in total. The molecule has 0 bridgehead atoms. The fraction of sp³-hybridized carbons (Fsp3) is 1.00. The van der Waals surface area contributed by atoms with Crippen molar-refractivity contribution >= 4 is 11.6 Å². The zero-order valence-electron chi connectivity index (χ0n) is 7.89. The Morgan fingerprint density at radius 2 is 2.08 bits per heavy atom. The molecule has 1 saturated carbocycles. The molecule has 0 spiro atoms. The number of ether oxygens (including phenoxy) is 1. The van der Waals surface area contributed by atoms with Crippen LogP contribution in [0, 0.1) is 5.92 Å². The first-order chi connectivity index (χ1) is 5.88. The van der Waals surface area contributed by atoms with Gasteiger partial charge in [0.15, 0.2) is 0 Å². The predicted molar refractivity (Wildman–Crippen MR) is 52.7 cm³/mol. The van der Waals surface area contributed by atoms with Gasteiger partial charge in [0, 0.05) is 5.88 Å². The van der Waals surface area contributed by atoms with Gasteiger partial charge in [0.05, 0.1) is 12.7 Å². The van der Waals surface area contributed by atoms with Crippen LogP contribution in [-0.4, -0.2) is 18.6 Å². The Kier molecular flexibility index (Phi) is 5.01. The summed E-state index contributed by atoms with van der Waals surface area (Å²) in [5, 5.41) is 0. The van der Waals surface area contributed by atoms with E-state index in [1.807, 2.05) is 0 Å². The van der Waals surface area contributed by atoms with Crippen molar-refractivity contribution in [2.24, 2.45) is 5.92 Å². The lowest BCUT2D eigenvalue weighted by atomic mass is 9.85. The molecule has 72 valence electrons. The highest BCUT2D eigenvalue weighted by Gasteiger charge is 2.23. The first kappa shape index (κ1) is 10.3. The molecule has 1 rings (SSSR count). The third kappa shape index (κ3) is 2.95. The molecule has 2 unspecified atom stereocenters. The van der Waals surface area contributed by atoms with Crippen molar-refractivity contribution in [1.29, 1.82) is 0 Å². The molecule has 1 aliphatic carbocycles. The van der Waals surface area contributed by atoms with Crippen molar-refractivity contribution < 1.29 is 4.74 Å². The molecular weight excluding hydrogens is 172 g/mol. The topological polar surface area (TPSA) is 9.23 Å². The van der Waals surface area contributed by atoms with Gasteiger partial charge < -0.3 is 4.74 Å². The van der Waals surface area contributed by atoms with Crippen LogP contribution in [0.5, 0.6) is 0 Å². The molecule has 12 heavy (non-hydrogen) atoms. The molecule has 2 atom stereocenters. The van der Waals surface area contributed by atoms with Crippen LogP contribution in [0.4, 0.5) is 0 Å². The van der Waals surface area contributed by atoms with Gasteiger partial charge in [-0.3, -0.25) is 0 Å². The van der Waals surface area contributed by atoms with Gasteiger partial charge in [-0.1, -0.05) is 26.2 Å². The molecule has 0 aromatic rings. The quantitative estimate of drug-likeness (QED) is 0.619. The molecule has 0 heterocycles. The molecule has 1 aliphatic rings. The van der Waals surface area contributed by atoms with Gasteiger partial charge in [0.2, 0.25) is 0 Å². The van der Waals surface area contributed by atoms with E-state index in [0.29, 0.717) is 12.0 Å². The maximum Gasteiger partial charge on any atom is 0.0605 e. The van der Waals surface area contributed by atoms with Crippen LogP contribution < -0.4 is 0 Å². The van der Waals surface area contributed by atoms with Crippen molar-refractivity contribution in [3.63, 3.8) is 0 Å². The van der Waals surface area contributed by atoms with Crippen LogP contribution in [0.15, 0.2) is 0 Å². The average molecular weight is 191 g/mol.